The van der Waals surface area contributed by atoms with E-state index < -0.39 is 5.54 Å². The Morgan fingerprint density at radius 3 is 2.50 bits per heavy atom. The van der Waals surface area contributed by atoms with Crippen LogP contribution >= 0.6 is 23.2 Å². The number of benzene rings is 1. The summed E-state index contributed by atoms with van der Waals surface area (Å²) in [4.78, 5) is 16.2. The number of alkyl halides is 1. The zero-order chi connectivity index (χ0) is 14.6. The van der Waals surface area contributed by atoms with Crippen LogP contribution in [-0.4, -0.2) is 16.8 Å². The van der Waals surface area contributed by atoms with Crippen LogP contribution in [0.1, 0.15) is 23.0 Å². The molecule has 0 spiro atoms. The van der Waals surface area contributed by atoms with E-state index in [0.29, 0.717) is 10.7 Å². The van der Waals surface area contributed by atoms with E-state index in [1.807, 2.05) is 37.3 Å². The normalized spacial score (nSPS) is 13.6. The summed E-state index contributed by atoms with van der Waals surface area (Å²) in [6, 6.07) is 12.8. The lowest BCUT2D eigenvalue weighted by molar-refractivity contribution is 0.0908. The maximum atomic E-state index is 12.2. The average Bonchev–Trinajstić information content (AvgIpc) is 2.48. The Hall–Kier alpha value is -1.58. The van der Waals surface area contributed by atoms with Crippen molar-refractivity contribution >= 4 is 29.1 Å². The maximum Gasteiger partial charge on any atom is 0.270 e. The first-order chi connectivity index (χ1) is 9.55. The number of nitrogens with zero attached hydrogens (tertiary/aromatic N) is 1. The summed E-state index contributed by atoms with van der Waals surface area (Å²) in [5.41, 5.74) is 0.597. The van der Waals surface area contributed by atoms with Crippen LogP contribution in [0.5, 0.6) is 0 Å². The molecule has 0 aliphatic rings. The maximum absolute atomic E-state index is 12.2. The van der Waals surface area contributed by atoms with Gasteiger partial charge in [0.2, 0.25) is 0 Å². The lowest BCUT2D eigenvalue weighted by Gasteiger charge is -2.29. The summed E-state index contributed by atoms with van der Waals surface area (Å²) in [6.07, 6.45) is 1.44. The van der Waals surface area contributed by atoms with Gasteiger partial charge in [-0.05, 0) is 24.6 Å². The quantitative estimate of drug-likeness (QED) is 0.877. The molecule has 1 amide bonds. The Morgan fingerprint density at radius 2 is 1.95 bits per heavy atom. The second-order valence-electron chi connectivity index (χ2n) is 4.65. The van der Waals surface area contributed by atoms with Gasteiger partial charge in [0.05, 0.1) is 10.6 Å². The average molecular weight is 309 g/mol. The van der Waals surface area contributed by atoms with Gasteiger partial charge in [-0.3, -0.25) is 4.79 Å². The first kappa shape index (κ1) is 14.8. The number of hydrogen-bond acceptors (Lipinski definition) is 2. The van der Waals surface area contributed by atoms with Gasteiger partial charge in [-0.15, -0.1) is 11.6 Å². The smallest absolute Gasteiger partial charge is 0.270 e. The molecule has 1 heterocycles. The molecule has 1 atom stereocenters. The van der Waals surface area contributed by atoms with Crippen molar-refractivity contribution in [1.29, 1.82) is 0 Å². The van der Waals surface area contributed by atoms with Crippen LogP contribution in [0, 0.1) is 0 Å². The summed E-state index contributed by atoms with van der Waals surface area (Å²) in [7, 11) is 0. The van der Waals surface area contributed by atoms with E-state index in [2.05, 4.69) is 10.3 Å². The number of carbonyl (C=O) groups excluding carboxylic acids is 1. The molecular weight excluding hydrogens is 295 g/mol. The van der Waals surface area contributed by atoms with Crippen LogP contribution < -0.4 is 5.32 Å². The Morgan fingerprint density at radius 1 is 1.25 bits per heavy atom. The Labute approximate surface area is 127 Å². The fourth-order valence-corrected chi connectivity index (χ4v) is 2.15. The SMILES string of the molecule is CC(CCl)(NC(=O)c1ccc(Cl)cn1)c1ccccc1. The molecular formula is C15H14Cl2N2O. The number of halogens is 2. The molecule has 3 nitrogen and oxygen atoms in total. The zero-order valence-corrected chi connectivity index (χ0v) is 12.4. The number of aromatic nitrogens is 1. The Balaban J connectivity index is 2.22. The van der Waals surface area contributed by atoms with E-state index in [0.717, 1.165) is 5.56 Å². The van der Waals surface area contributed by atoms with Gasteiger partial charge < -0.3 is 5.32 Å². The fourth-order valence-electron chi connectivity index (χ4n) is 1.81. The molecule has 1 aromatic heterocycles. The van der Waals surface area contributed by atoms with Crippen LogP contribution in [-0.2, 0) is 5.54 Å². The van der Waals surface area contributed by atoms with Gasteiger partial charge in [0.1, 0.15) is 5.69 Å². The fraction of sp³-hybridized carbons (Fsp3) is 0.200. The van der Waals surface area contributed by atoms with E-state index in [4.69, 9.17) is 23.2 Å². The van der Waals surface area contributed by atoms with Gasteiger partial charge in [-0.2, -0.15) is 0 Å². The molecule has 2 rings (SSSR count). The predicted octanol–water partition coefficient (Wildman–Crippen LogP) is 3.62. The van der Waals surface area contributed by atoms with E-state index in [1.165, 1.54) is 6.20 Å². The van der Waals surface area contributed by atoms with Gasteiger partial charge >= 0.3 is 0 Å². The summed E-state index contributed by atoms with van der Waals surface area (Å²) < 4.78 is 0. The third-order valence-corrected chi connectivity index (χ3v) is 3.79. The van der Waals surface area contributed by atoms with Gasteiger partial charge in [-0.25, -0.2) is 4.98 Å². The van der Waals surface area contributed by atoms with Crippen LogP contribution in [0.4, 0.5) is 0 Å². The van der Waals surface area contributed by atoms with Crippen molar-refractivity contribution in [1.82, 2.24) is 10.3 Å². The van der Waals surface area contributed by atoms with Crippen molar-refractivity contribution < 1.29 is 4.79 Å². The molecule has 0 fully saturated rings. The number of carbonyl (C=O) groups is 1. The highest BCUT2D eigenvalue weighted by Gasteiger charge is 2.28. The van der Waals surface area contributed by atoms with Crippen LogP contribution in [0.15, 0.2) is 48.7 Å². The Kier molecular flexibility index (Phi) is 4.63. The molecule has 0 bridgehead atoms. The highest BCUT2D eigenvalue weighted by atomic mass is 35.5. The molecule has 0 aliphatic heterocycles. The zero-order valence-electron chi connectivity index (χ0n) is 10.9. The molecule has 0 aliphatic carbocycles. The molecule has 1 unspecified atom stereocenters. The molecule has 20 heavy (non-hydrogen) atoms. The predicted molar refractivity (Wildman–Crippen MR) is 81.2 cm³/mol. The summed E-state index contributed by atoms with van der Waals surface area (Å²) >= 11 is 11.8. The van der Waals surface area contributed by atoms with Crippen LogP contribution in [0.3, 0.4) is 0 Å². The van der Waals surface area contributed by atoms with Gasteiger partial charge in [0, 0.05) is 12.1 Å². The highest BCUT2D eigenvalue weighted by molar-refractivity contribution is 6.30. The van der Waals surface area contributed by atoms with Crippen molar-refractivity contribution in [2.45, 2.75) is 12.5 Å². The van der Waals surface area contributed by atoms with E-state index in [1.54, 1.807) is 12.1 Å². The molecule has 0 saturated heterocycles. The van der Waals surface area contributed by atoms with Gasteiger partial charge in [-0.1, -0.05) is 41.9 Å². The number of nitrogens with one attached hydrogen (secondary N) is 1. The molecule has 0 saturated carbocycles. The first-order valence-corrected chi connectivity index (χ1v) is 7.02. The minimum Gasteiger partial charge on any atom is -0.340 e. The molecule has 1 N–H and O–H groups in total. The second kappa shape index (κ2) is 6.25. The molecule has 1 aromatic carbocycles. The van der Waals surface area contributed by atoms with Crippen LogP contribution in [0.25, 0.3) is 0 Å². The first-order valence-electron chi connectivity index (χ1n) is 6.11. The summed E-state index contributed by atoms with van der Waals surface area (Å²) in [5, 5.41) is 3.41. The third kappa shape index (κ3) is 3.30. The lowest BCUT2D eigenvalue weighted by atomic mass is 9.94. The van der Waals surface area contributed by atoms with Crippen molar-refractivity contribution in [3.63, 3.8) is 0 Å². The monoisotopic (exact) mass is 308 g/mol. The number of rotatable bonds is 4. The number of amides is 1. The van der Waals surface area contributed by atoms with E-state index in [-0.39, 0.29) is 11.8 Å². The van der Waals surface area contributed by atoms with Crippen molar-refractivity contribution in [3.8, 4) is 0 Å². The van der Waals surface area contributed by atoms with Crippen molar-refractivity contribution in [3.05, 3.63) is 64.9 Å². The minimum absolute atomic E-state index is 0.260. The minimum atomic E-state index is -0.652. The topological polar surface area (TPSA) is 42.0 Å². The highest BCUT2D eigenvalue weighted by Crippen LogP contribution is 2.22. The molecule has 2 aromatic rings. The molecule has 5 heteroatoms. The number of pyridine rings is 1. The second-order valence-corrected chi connectivity index (χ2v) is 5.35. The Bertz CT molecular complexity index is 587. The largest absolute Gasteiger partial charge is 0.340 e. The van der Waals surface area contributed by atoms with Crippen molar-refractivity contribution in [2.24, 2.45) is 0 Å². The summed E-state index contributed by atoms with van der Waals surface area (Å²) in [6.45, 7) is 1.88. The molecule has 104 valence electrons. The van der Waals surface area contributed by atoms with Crippen LogP contribution in [0.2, 0.25) is 5.02 Å². The number of hydrogen-bond donors (Lipinski definition) is 1. The standard InChI is InChI=1S/C15H14Cl2N2O/c1-15(10-16,11-5-3-2-4-6-11)19-14(20)13-8-7-12(17)9-18-13/h2-9H,10H2,1H3,(H,19,20). The van der Waals surface area contributed by atoms with E-state index in [9.17, 15) is 4.79 Å². The summed E-state index contributed by atoms with van der Waals surface area (Å²) in [5.74, 6) is -0.0234. The lowest BCUT2D eigenvalue weighted by Crippen LogP contribution is -2.45. The third-order valence-electron chi connectivity index (χ3n) is 3.03. The molecule has 0 radical (unpaired) electrons. The van der Waals surface area contributed by atoms with Gasteiger partial charge in [0.15, 0.2) is 0 Å². The van der Waals surface area contributed by atoms with E-state index >= 15 is 0 Å². The van der Waals surface area contributed by atoms with Crippen molar-refractivity contribution in [2.75, 3.05) is 5.88 Å². The van der Waals surface area contributed by atoms with Gasteiger partial charge in [0.25, 0.3) is 5.91 Å².